The number of carbonyl (C=O) groups excluding carboxylic acids is 1. The van der Waals surface area contributed by atoms with Crippen LogP contribution >= 0.6 is 0 Å². The fourth-order valence-corrected chi connectivity index (χ4v) is 1.57. The van der Waals surface area contributed by atoms with Crippen LogP contribution < -0.4 is 5.73 Å². The summed E-state index contributed by atoms with van der Waals surface area (Å²) in [6.07, 6.45) is 2.09. The normalized spacial score (nSPS) is 26.5. The lowest BCUT2D eigenvalue weighted by molar-refractivity contribution is -0.122. The van der Waals surface area contributed by atoms with Gasteiger partial charge in [0.25, 0.3) is 0 Å². The van der Waals surface area contributed by atoms with Gasteiger partial charge in [0.15, 0.2) is 0 Å². The number of hydrogen-bond donors (Lipinski definition) is 1. The monoisotopic (exact) mass is 154 g/mol. The quantitative estimate of drug-likeness (QED) is 0.549. The van der Waals surface area contributed by atoms with Crippen LogP contribution in [0, 0.1) is 5.92 Å². The molecule has 0 bridgehead atoms. The number of primary amides is 1. The fraction of sp³-hybridized carbons (Fsp3) is 0.857. The summed E-state index contributed by atoms with van der Waals surface area (Å²) in [6, 6.07) is 0. The van der Waals surface area contributed by atoms with E-state index in [2.05, 4.69) is 11.6 Å². The summed E-state index contributed by atoms with van der Waals surface area (Å²) in [4.78, 5) is 13.1. The Morgan fingerprint density at radius 1 is 1.73 bits per heavy atom. The van der Waals surface area contributed by atoms with Crippen LogP contribution in [0.2, 0.25) is 6.82 Å². The maximum atomic E-state index is 10.8. The zero-order chi connectivity index (χ0) is 8.27. The molecule has 0 aliphatic carbocycles. The van der Waals surface area contributed by atoms with Gasteiger partial charge in [-0.3, -0.25) is 4.79 Å². The highest BCUT2D eigenvalue weighted by atomic mass is 16.1. The first-order valence-corrected chi connectivity index (χ1v) is 4.25. The van der Waals surface area contributed by atoms with E-state index in [0.717, 1.165) is 33.3 Å². The molecule has 0 aromatic carbocycles. The van der Waals surface area contributed by atoms with Crippen LogP contribution in [0.4, 0.5) is 0 Å². The minimum atomic E-state index is -0.136. The lowest BCUT2D eigenvalue weighted by atomic mass is 9.87. The number of nitrogens with two attached hydrogens (primary N) is 1. The Labute approximate surface area is 68.2 Å². The van der Waals surface area contributed by atoms with E-state index in [1.165, 1.54) is 0 Å². The van der Waals surface area contributed by atoms with Crippen LogP contribution in [0.5, 0.6) is 0 Å². The molecule has 1 fully saturated rings. The van der Waals surface area contributed by atoms with Crippen molar-refractivity contribution in [2.45, 2.75) is 19.7 Å². The summed E-state index contributed by atoms with van der Waals surface area (Å²) in [7, 11) is 1.03. The second-order valence-electron chi connectivity index (χ2n) is 3.13. The summed E-state index contributed by atoms with van der Waals surface area (Å²) < 4.78 is 0. The molecule has 3 nitrogen and oxygen atoms in total. The Balaban J connectivity index is 2.39. The molecule has 1 atom stereocenters. The van der Waals surface area contributed by atoms with Crippen molar-refractivity contribution in [2.24, 2.45) is 11.7 Å². The van der Waals surface area contributed by atoms with E-state index in [1.807, 2.05) is 0 Å². The molecule has 1 unspecified atom stereocenters. The van der Waals surface area contributed by atoms with Crippen molar-refractivity contribution in [3.8, 4) is 0 Å². The average Bonchev–Trinajstić information content (AvgIpc) is 2.05. The standard InChI is InChI=1S/C7H15BN2O/c1-8-10-4-2-3-6(5-10)7(9)11/h6,8H,2-5H2,1H3,(H2,9,11). The highest BCUT2D eigenvalue weighted by Gasteiger charge is 2.22. The van der Waals surface area contributed by atoms with Crippen LogP contribution in [0.25, 0.3) is 0 Å². The first-order valence-electron chi connectivity index (χ1n) is 4.25. The summed E-state index contributed by atoms with van der Waals surface area (Å²) in [5.74, 6) is -0.0353. The van der Waals surface area contributed by atoms with E-state index in [4.69, 9.17) is 5.73 Å². The Morgan fingerprint density at radius 3 is 3.00 bits per heavy atom. The van der Waals surface area contributed by atoms with E-state index in [9.17, 15) is 4.79 Å². The highest BCUT2D eigenvalue weighted by Crippen LogP contribution is 2.14. The molecule has 4 heteroatoms. The molecular weight excluding hydrogens is 139 g/mol. The molecule has 0 aromatic rings. The number of carbonyl (C=O) groups is 1. The Morgan fingerprint density at radius 2 is 2.45 bits per heavy atom. The van der Waals surface area contributed by atoms with Gasteiger partial charge in [0.05, 0.1) is 0 Å². The fourth-order valence-electron chi connectivity index (χ4n) is 1.57. The van der Waals surface area contributed by atoms with Crippen molar-refractivity contribution in [1.82, 2.24) is 4.81 Å². The summed E-state index contributed by atoms with van der Waals surface area (Å²) in [5, 5.41) is 0. The molecule has 1 amide bonds. The van der Waals surface area contributed by atoms with Crippen molar-refractivity contribution in [3.05, 3.63) is 0 Å². The number of hydrogen-bond acceptors (Lipinski definition) is 2. The minimum Gasteiger partial charge on any atom is -0.369 e. The number of nitrogens with zero attached hydrogens (tertiary/aromatic N) is 1. The third-order valence-electron chi connectivity index (χ3n) is 2.36. The number of piperidine rings is 1. The van der Waals surface area contributed by atoms with Gasteiger partial charge in [-0.25, -0.2) is 0 Å². The molecule has 62 valence electrons. The number of amides is 1. The Kier molecular flexibility index (Phi) is 2.94. The molecule has 1 saturated heterocycles. The van der Waals surface area contributed by atoms with Crippen LogP contribution in [0.3, 0.4) is 0 Å². The highest BCUT2D eigenvalue weighted by molar-refractivity contribution is 6.29. The molecule has 1 heterocycles. The van der Waals surface area contributed by atoms with Crippen molar-refractivity contribution in [3.63, 3.8) is 0 Å². The average molecular weight is 154 g/mol. The molecule has 11 heavy (non-hydrogen) atoms. The first kappa shape index (κ1) is 8.59. The molecule has 1 aliphatic rings. The first-order chi connectivity index (χ1) is 5.24. The minimum absolute atomic E-state index is 0.101. The second-order valence-corrected chi connectivity index (χ2v) is 3.13. The predicted octanol–water partition coefficient (Wildman–Crippen LogP) is -0.417. The molecule has 0 saturated carbocycles. The summed E-state index contributed by atoms with van der Waals surface area (Å²) in [5.41, 5.74) is 5.22. The van der Waals surface area contributed by atoms with Crippen molar-refractivity contribution in [2.75, 3.05) is 13.1 Å². The lowest BCUT2D eigenvalue weighted by Gasteiger charge is -2.29. The van der Waals surface area contributed by atoms with Crippen molar-refractivity contribution in [1.29, 1.82) is 0 Å². The SMILES string of the molecule is CBN1CCCC(C(N)=O)C1. The maximum Gasteiger partial charge on any atom is 0.221 e. The smallest absolute Gasteiger partial charge is 0.221 e. The predicted molar refractivity (Wildman–Crippen MR) is 46.5 cm³/mol. The maximum absolute atomic E-state index is 10.8. The largest absolute Gasteiger partial charge is 0.369 e. The zero-order valence-corrected chi connectivity index (χ0v) is 7.05. The van der Waals surface area contributed by atoms with Crippen LogP contribution in [-0.4, -0.2) is 31.2 Å². The Hall–Kier alpha value is -0.505. The molecule has 0 radical (unpaired) electrons. The molecule has 0 spiro atoms. The van der Waals surface area contributed by atoms with Gasteiger partial charge in [-0.1, -0.05) is 6.82 Å². The van der Waals surface area contributed by atoms with Crippen LogP contribution in [-0.2, 0) is 4.79 Å². The van der Waals surface area contributed by atoms with Crippen molar-refractivity contribution >= 4 is 13.3 Å². The molecular formula is C7H15BN2O. The molecule has 0 aromatic heterocycles. The van der Waals surface area contributed by atoms with Gasteiger partial charge in [-0.05, 0) is 25.9 Å². The number of rotatable bonds is 2. The van der Waals surface area contributed by atoms with Gasteiger partial charge < -0.3 is 10.5 Å². The van der Waals surface area contributed by atoms with Gasteiger partial charge >= 0.3 is 0 Å². The van der Waals surface area contributed by atoms with Gasteiger partial charge in [0, 0.05) is 5.92 Å². The molecule has 1 aliphatic heterocycles. The topological polar surface area (TPSA) is 46.3 Å². The van der Waals surface area contributed by atoms with E-state index in [-0.39, 0.29) is 11.8 Å². The van der Waals surface area contributed by atoms with Gasteiger partial charge in [0.2, 0.25) is 13.3 Å². The summed E-state index contributed by atoms with van der Waals surface area (Å²) in [6.45, 7) is 4.11. The van der Waals surface area contributed by atoms with Gasteiger partial charge in [-0.2, -0.15) is 0 Å². The summed E-state index contributed by atoms with van der Waals surface area (Å²) >= 11 is 0. The molecule has 1 rings (SSSR count). The van der Waals surface area contributed by atoms with Gasteiger partial charge in [0.1, 0.15) is 0 Å². The van der Waals surface area contributed by atoms with Gasteiger partial charge in [-0.15, -0.1) is 0 Å². The lowest BCUT2D eigenvalue weighted by Crippen LogP contribution is -2.42. The second kappa shape index (κ2) is 3.76. The molecule has 2 N–H and O–H groups in total. The van der Waals surface area contributed by atoms with E-state index < -0.39 is 0 Å². The van der Waals surface area contributed by atoms with E-state index in [1.54, 1.807) is 0 Å². The van der Waals surface area contributed by atoms with Crippen LogP contribution in [0.15, 0.2) is 0 Å². The van der Waals surface area contributed by atoms with E-state index in [0.29, 0.717) is 0 Å². The Bertz CT molecular complexity index is 151. The van der Waals surface area contributed by atoms with Crippen molar-refractivity contribution < 1.29 is 4.79 Å². The third-order valence-corrected chi connectivity index (χ3v) is 2.36. The van der Waals surface area contributed by atoms with E-state index >= 15 is 0 Å². The third kappa shape index (κ3) is 2.22. The zero-order valence-electron chi connectivity index (χ0n) is 7.05. The van der Waals surface area contributed by atoms with Crippen LogP contribution in [0.1, 0.15) is 12.8 Å².